The predicted octanol–water partition coefficient (Wildman–Crippen LogP) is 4.95. The smallest absolute Gasteiger partial charge is 0.290 e. The lowest BCUT2D eigenvalue weighted by Crippen LogP contribution is -2.34. The quantitative estimate of drug-likeness (QED) is 0.539. The molecule has 3 aromatic rings. The minimum Gasteiger partial charge on any atom is -0.483 e. The van der Waals surface area contributed by atoms with Crippen LogP contribution in [0.2, 0.25) is 0 Å². The summed E-state index contributed by atoms with van der Waals surface area (Å²) in [5.74, 6) is 1.86. The number of hydrogen-bond acceptors (Lipinski definition) is 5. The first-order chi connectivity index (χ1) is 14.6. The van der Waals surface area contributed by atoms with E-state index in [2.05, 4.69) is 71.8 Å². The average Bonchev–Trinajstić information content (AvgIpc) is 3.18. The van der Waals surface area contributed by atoms with E-state index in [1.807, 2.05) is 6.07 Å². The van der Waals surface area contributed by atoms with Gasteiger partial charge in [0.2, 0.25) is 5.82 Å². The number of hydrogen-bond donors (Lipinski definition) is 2. The van der Waals surface area contributed by atoms with Crippen LogP contribution >= 0.6 is 0 Å². The normalized spacial score (nSPS) is 13.4. The van der Waals surface area contributed by atoms with Gasteiger partial charge in [-0.15, -0.1) is 0 Å². The van der Waals surface area contributed by atoms with E-state index in [1.165, 1.54) is 30.4 Å². The summed E-state index contributed by atoms with van der Waals surface area (Å²) >= 11 is 0. The highest BCUT2D eigenvalue weighted by atomic mass is 16.5. The van der Waals surface area contributed by atoms with Crippen molar-refractivity contribution in [2.75, 3.05) is 0 Å². The van der Waals surface area contributed by atoms with Crippen molar-refractivity contribution in [1.29, 1.82) is 0 Å². The highest BCUT2D eigenvalue weighted by molar-refractivity contribution is 5.60. The second-order valence-corrected chi connectivity index (χ2v) is 8.03. The van der Waals surface area contributed by atoms with E-state index < -0.39 is 0 Å². The molecule has 0 unspecified atom stereocenters. The van der Waals surface area contributed by atoms with Gasteiger partial charge in [0, 0.05) is 23.7 Å². The molecule has 0 bridgehead atoms. The van der Waals surface area contributed by atoms with Gasteiger partial charge < -0.3 is 14.9 Å². The Morgan fingerprint density at radius 3 is 2.50 bits per heavy atom. The van der Waals surface area contributed by atoms with E-state index in [-0.39, 0.29) is 6.47 Å². The molecule has 1 aliphatic carbocycles. The molecule has 1 aliphatic rings. The molecule has 158 valence electrons. The molecule has 0 radical (unpaired) electrons. The van der Waals surface area contributed by atoms with E-state index in [0.717, 1.165) is 24.1 Å². The minimum atomic E-state index is -0.250. The van der Waals surface area contributed by atoms with Crippen molar-refractivity contribution in [3.05, 3.63) is 59.7 Å². The molecule has 2 N–H and O–H groups in total. The zero-order chi connectivity index (χ0) is 21.3. The fourth-order valence-electron chi connectivity index (χ4n) is 3.41. The molecule has 6 heteroatoms. The molecular weight excluding hydrogens is 378 g/mol. The first kappa shape index (κ1) is 21.7. The molecule has 0 aliphatic heterocycles. The molecule has 4 rings (SSSR count). The summed E-state index contributed by atoms with van der Waals surface area (Å²) in [7, 11) is 0. The van der Waals surface area contributed by atoms with Gasteiger partial charge in [0.15, 0.2) is 0 Å². The number of carbonyl (C=O) groups is 1. The third-order valence-electron chi connectivity index (χ3n) is 5.16. The highest BCUT2D eigenvalue weighted by Crippen LogP contribution is 2.24. The Bertz CT molecular complexity index is 931. The molecule has 0 saturated heterocycles. The first-order valence-electron chi connectivity index (χ1n) is 10.4. The summed E-state index contributed by atoms with van der Waals surface area (Å²) in [4.78, 5) is 13.0. The van der Waals surface area contributed by atoms with Crippen LogP contribution in [0.15, 0.2) is 53.1 Å². The van der Waals surface area contributed by atoms with Gasteiger partial charge in [-0.1, -0.05) is 55.8 Å². The fourth-order valence-corrected chi connectivity index (χ4v) is 3.41. The first-order valence-corrected chi connectivity index (χ1v) is 10.4. The largest absolute Gasteiger partial charge is 0.483 e. The van der Waals surface area contributed by atoms with Crippen LogP contribution in [0.4, 0.5) is 0 Å². The second kappa shape index (κ2) is 10.7. The Morgan fingerprint density at radius 2 is 1.87 bits per heavy atom. The number of carboxylic acid groups (broad SMARTS) is 1. The topological polar surface area (TPSA) is 88.3 Å². The van der Waals surface area contributed by atoms with E-state index in [0.29, 0.717) is 23.7 Å². The molecule has 6 nitrogen and oxygen atoms in total. The molecule has 0 amide bonds. The van der Waals surface area contributed by atoms with Gasteiger partial charge in [-0.25, -0.2) is 0 Å². The lowest BCUT2D eigenvalue weighted by molar-refractivity contribution is -0.122. The van der Waals surface area contributed by atoms with Crippen LogP contribution in [0, 0.1) is 5.92 Å². The van der Waals surface area contributed by atoms with Gasteiger partial charge in [0.05, 0.1) is 0 Å². The highest BCUT2D eigenvalue weighted by Gasteiger charge is 2.16. The van der Waals surface area contributed by atoms with Crippen LogP contribution < -0.4 is 5.32 Å². The van der Waals surface area contributed by atoms with Crippen molar-refractivity contribution in [1.82, 2.24) is 15.5 Å². The fraction of sp³-hybridized carbons (Fsp3) is 0.375. The van der Waals surface area contributed by atoms with Gasteiger partial charge in [0.25, 0.3) is 12.4 Å². The van der Waals surface area contributed by atoms with Crippen molar-refractivity contribution in [2.24, 2.45) is 5.92 Å². The Balaban J connectivity index is 0.000000806. The number of aromatic nitrogens is 2. The number of rotatable bonds is 7. The van der Waals surface area contributed by atoms with Crippen LogP contribution in [-0.2, 0) is 17.8 Å². The molecule has 1 saturated carbocycles. The predicted molar refractivity (Wildman–Crippen MR) is 117 cm³/mol. The maximum Gasteiger partial charge on any atom is 0.290 e. The molecule has 1 fully saturated rings. The van der Waals surface area contributed by atoms with Crippen molar-refractivity contribution >= 4 is 6.47 Å². The van der Waals surface area contributed by atoms with E-state index in [9.17, 15) is 0 Å². The van der Waals surface area contributed by atoms with Crippen LogP contribution in [0.1, 0.15) is 44.2 Å². The van der Waals surface area contributed by atoms with Crippen molar-refractivity contribution in [2.45, 2.75) is 52.1 Å². The van der Waals surface area contributed by atoms with E-state index in [4.69, 9.17) is 14.4 Å². The summed E-state index contributed by atoms with van der Waals surface area (Å²) in [5, 5.41) is 14.7. The molecule has 30 heavy (non-hydrogen) atoms. The van der Waals surface area contributed by atoms with Crippen LogP contribution in [0.3, 0.4) is 0 Å². The van der Waals surface area contributed by atoms with Gasteiger partial charge >= 0.3 is 0 Å². The third-order valence-corrected chi connectivity index (χ3v) is 5.16. The van der Waals surface area contributed by atoms with Crippen molar-refractivity contribution in [3.63, 3.8) is 0 Å². The van der Waals surface area contributed by atoms with E-state index in [1.54, 1.807) is 0 Å². The van der Waals surface area contributed by atoms with Crippen LogP contribution in [0.25, 0.3) is 22.8 Å². The number of nitrogens with zero attached hydrogens (tertiary/aromatic N) is 2. The van der Waals surface area contributed by atoms with Gasteiger partial charge in [-0.3, -0.25) is 4.79 Å². The standard InChI is InChI=1S/C23H27N3O.CH2O2/c1-16(2)13-17-9-11-19(12-10-17)23-25-22(26-27-23)20-6-3-5-18(14-20)15-24-21-7-4-8-21;2-1-3/h3,5-6,9-12,14,16,21,24H,4,7-8,13,15H2,1-2H3;1H,(H,2,3). The van der Waals surface area contributed by atoms with Gasteiger partial charge in [0.1, 0.15) is 0 Å². The van der Waals surface area contributed by atoms with Crippen molar-refractivity contribution < 1.29 is 14.4 Å². The van der Waals surface area contributed by atoms with E-state index >= 15 is 0 Å². The molecule has 0 spiro atoms. The molecule has 1 aromatic heterocycles. The lowest BCUT2D eigenvalue weighted by Gasteiger charge is -2.26. The summed E-state index contributed by atoms with van der Waals surface area (Å²) in [6.07, 6.45) is 5.02. The van der Waals surface area contributed by atoms with Crippen LogP contribution in [0.5, 0.6) is 0 Å². The maximum absolute atomic E-state index is 8.36. The Kier molecular flexibility index (Phi) is 7.74. The average molecular weight is 408 g/mol. The lowest BCUT2D eigenvalue weighted by atomic mass is 9.93. The third kappa shape index (κ3) is 6.00. The Morgan fingerprint density at radius 1 is 1.13 bits per heavy atom. The summed E-state index contributed by atoms with van der Waals surface area (Å²) in [5.41, 5.74) is 4.54. The molecule has 2 aromatic carbocycles. The van der Waals surface area contributed by atoms with Crippen LogP contribution in [-0.4, -0.2) is 27.8 Å². The Hall–Kier alpha value is -2.99. The summed E-state index contributed by atoms with van der Waals surface area (Å²) in [6.45, 7) is 5.10. The molecule has 1 heterocycles. The van der Waals surface area contributed by atoms with Gasteiger partial charge in [-0.2, -0.15) is 4.98 Å². The maximum atomic E-state index is 8.36. The number of nitrogens with one attached hydrogen (secondary N) is 1. The number of benzene rings is 2. The molecular formula is C24H29N3O3. The van der Waals surface area contributed by atoms with Crippen molar-refractivity contribution in [3.8, 4) is 22.8 Å². The monoisotopic (exact) mass is 407 g/mol. The Labute approximate surface area is 177 Å². The second-order valence-electron chi connectivity index (χ2n) is 8.03. The zero-order valence-corrected chi connectivity index (χ0v) is 17.5. The zero-order valence-electron chi connectivity index (χ0n) is 17.5. The summed E-state index contributed by atoms with van der Waals surface area (Å²) < 4.78 is 5.51. The minimum absolute atomic E-state index is 0.250. The SMILES string of the molecule is CC(C)Cc1ccc(-c2nc(-c3cccc(CNC4CCC4)c3)no2)cc1.O=CO. The summed E-state index contributed by atoms with van der Waals surface area (Å²) in [6, 6.07) is 17.5. The molecule has 0 atom stereocenters. The van der Waals surface area contributed by atoms with Gasteiger partial charge in [-0.05, 0) is 54.5 Å².